The van der Waals surface area contributed by atoms with E-state index in [2.05, 4.69) is 20.3 Å². The molecule has 2 aromatic heterocycles. The van der Waals surface area contributed by atoms with Crippen LogP contribution in [0.25, 0.3) is 0 Å². The Morgan fingerprint density at radius 3 is 2.72 bits per heavy atom. The number of aromatic nitrogens is 3. The number of pyridine rings is 1. The van der Waals surface area contributed by atoms with Crippen LogP contribution in [0.3, 0.4) is 0 Å². The van der Waals surface area contributed by atoms with Crippen LogP contribution < -0.4 is 5.32 Å². The van der Waals surface area contributed by atoms with Gasteiger partial charge >= 0.3 is 6.18 Å². The highest BCUT2D eigenvalue weighted by Crippen LogP contribution is 2.30. The van der Waals surface area contributed by atoms with E-state index in [4.69, 9.17) is 0 Å². The third-order valence-corrected chi connectivity index (χ3v) is 4.06. The van der Waals surface area contributed by atoms with E-state index in [0.29, 0.717) is 13.1 Å². The molecular weight excluding hydrogens is 335 g/mol. The van der Waals surface area contributed by atoms with E-state index in [0.717, 1.165) is 30.4 Å². The van der Waals surface area contributed by atoms with Gasteiger partial charge in [0, 0.05) is 38.3 Å². The van der Waals surface area contributed by atoms with Gasteiger partial charge in [0.2, 0.25) is 11.9 Å². The Labute approximate surface area is 142 Å². The largest absolute Gasteiger partial charge is 0.416 e. The normalized spacial score (nSPS) is 17.6. The maximum absolute atomic E-state index is 12.8. The summed E-state index contributed by atoms with van der Waals surface area (Å²) in [7, 11) is 0. The van der Waals surface area contributed by atoms with Gasteiger partial charge in [-0.25, -0.2) is 15.0 Å². The summed E-state index contributed by atoms with van der Waals surface area (Å²) in [6.07, 6.45) is -1.04. The highest BCUT2D eigenvalue weighted by Gasteiger charge is 2.31. The molecule has 25 heavy (non-hydrogen) atoms. The molecule has 3 rings (SSSR count). The lowest BCUT2D eigenvalue weighted by atomic mass is 10.1. The van der Waals surface area contributed by atoms with Crippen LogP contribution in [0.2, 0.25) is 0 Å². The van der Waals surface area contributed by atoms with Crippen molar-refractivity contribution >= 4 is 17.7 Å². The molecule has 0 radical (unpaired) electrons. The molecule has 0 unspecified atom stereocenters. The minimum Gasteiger partial charge on any atom is -0.342 e. The Morgan fingerprint density at radius 1 is 1.28 bits per heavy atom. The first-order chi connectivity index (χ1) is 11.8. The van der Waals surface area contributed by atoms with Crippen molar-refractivity contribution in [1.82, 2.24) is 19.9 Å². The zero-order valence-electron chi connectivity index (χ0n) is 13.4. The highest BCUT2D eigenvalue weighted by atomic mass is 19.4. The highest BCUT2D eigenvalue weighted by molar-refractivity contribution is 5.73. The maximum atomic E-state index is 12.8. The van der Waals surface area contributed by atoms with Crippen LogP contribution in [0.5, 0.6) is 0 Å². The lowest BCUT2D eigenvalue weighted by molar-refractivity contribution is -0.137. The monoisotopic (exact) mass is 351 g/mol. The van der Waals surface area contributed by atoms with Gasteiger partial charge in [0.25, 0.3) is 0 Å². The van der Waals surface area contributed by atoms with E-state index in [1.54, 1.807) is 11.0 Å². The number of alkyl halides is 3. The first kappa shape index (κ1) is 17.1. The number of nitrogens with one attached hydrogen (secondary N) is 1. The summed E-state index contributed by atoms with van der Waals surface area (Å²) in [5, 5.41) is 2.70. The second kappa shape index (κ2) is 6.66. The number of likely N-dealkylation sites (tertiary alicyclic amines) is 1. The predicted octanol–water partition coefficient (Wildman–Crippen LogP) is 2.97. The first-order valence-electron chi connectivity index (χ1n) is 7.71. The summed E-state index contributed by atoms with van der Waals surface area (Å²) in [5.41, 5.74) is -0.0535. The van der Waals surface area contributed by atoms with Gasteiger partial charge in [-0.3, -0.25) is 4.79 Å². The zero-order valence-corrected chi connectivity index (χ0v) is 13.4. The number of rotatable bonds is 3. The molecule has 0 aromatic carbocycles. The van der Waals surface area contributed by atoms with E-state index in [1.807, 2.05) is 0 Å². The first-order valence-corrected chi connectivity index (χ1v) is 7.71. The molecule has 1 amide bonds. The van der Waals surface area contributed by atoms with Crippen LogP contribution in [0, 0.1) is 0 Å². The van der Waals surface area contributed by atoms with Crippen LogP contribution in [0.1, 0.15) is 30.5 Å². The summed E-state index contributed by atoms with van der Waals surface area (Å²) in [5.74, 6) is 0.291. The minimum absolute atomic E-state index is 0.0167. The lowest BCUT2D eigenvalue weighted by Crippen LogP contribution is -2.25. The minimum atomic E-state index is -4.44. The average molecular weight is 351 g/mol. The molecule has 1 aliphatic rings. The van der Waals surface area contributed by atoms with Crippen molar-refractivity contribution in [2.45, 2.75) is 25.4 Å². The molecule has 6 nitrogen and oxygen atoms in total. The molecule has 2 aromatic rings. The Kier molecular flexibility index (Phi) is 4.56. The number of anilines is 2. The van der Waals surface area contributed by atoms with Crippen molar-refractivity contribution in [3.05, 3.63) is 41.9 Å². The summed E-state index contributed by atoms with van der Waals surface area (Å²) >= 11 is 0. The third-order valence-electron chi connectivity index (χ3n) is 4.06. The van der Waals surface area contributed by atoms with Gasteiger partial charge in [-0.2, -0.15) is 13.2 Å². The van der Waals surface area contributed by atoms with Crippen LogP contribution in [-0.2, 0) is 11.0 Å². The summed E-state index contributed by atoms with van der Waals surface area (Å²) in [6.45, 7) is 2.77. The van der Waals surface area contributed by atoms with Gasteiger partial charge in [-0.05, 0) is 24.6 Å². The van der Waals surface area contributed by atoms with Crippen LogP contribution in [0.15, 0.2) is 30.6 Å². The summed E-state index contributed by atoms with van der Waals surface area (Å²) in [6, 6.07) is 3.56. The molecule has 1 fully saturated rings. The van der Waals surface area contributed by atoms with E-state index < -0.39 is 11.7 Å². The fraction of sp³-hybridized carbons (Fsp3) is 0.375. The molecule has 1 saturated heterocycles. The lowest BCUT2D eigenvalue weighted by Gasteiger charge is -2.14. The van der Waals surface area contributed by atoms with Crippen molar-refractivity contribution in [3.63, 3.8) is 0 Å². The molecule has 0 bridgehead atoms. The smallest absolute Gasteiger partial charge is 0.342 e. The van der Waals surface area contributed by atoms with Gasteiger partial charge in [0.1, 0.15) is 5.82 Å². The van der Waals surface area contributed by atoms with Crippen LogP contribution in [-0.4, -0.2) is 38.8 Å². The number of halogens is 3. The number of hydrogen-bond donors (Lipinski definition) is 1. The zero-order chi connectivity index (χ0) is 18.0. The molecule has 1 N–H and O–H groups in total. The molecule has 0 spiro atoms. The SMILES string of the molecule is CC(=O)N1CC[C@H](c2ccnc(Nc3cc(C(F)(F)F)ccn3)n2)C1. The molecule has 0 saturated carbocycles. The number of hydrogen-bond acceptors (Lipinski definition) is 5. The molecular formula is C16H16F3N5O. The van der Waals surface area contributed by atoms with Crippen molar-refractivity contribution in [1.29, 1.82) is 0 Å². The van der Waals surface area contributed by atoms with Crippen LogP contribution in [0.4, 0.5) is 24.9 Å². The average Bonchev–Trinajstić information content (AvgIpc) is 3.05. The quantitative estimate of drug-likeness (QED) is 0.921. The predicted molar refractivity (Wildman–Crippen MR) is 84.2 cm³/mol. The molecule has 9 heteroatoms. The van der Waals surface area contributed by atoms with Crippen molar-refractivity contribution in [2.24, 2.45) is 0 Å². The number of carbonyl (C=O) groups is 1. The number of carbonyl (C=O) groups excluding carboxylic acids is 1. The van der Waals surface area contributed by atoms with Crippen LogP contribution >= 0.6 is 0 Å². The van der Waals surface area contributed by atoms with Gasteiger partial charge < -0.3 is 10.2 Å². The molecule has 1 aliphatic heterocycles. The van der Waals surface area contributed by atoms with Gasteiger partial charge in [-0.15, -0.1) is 0 Å². The maximum Gasteiger partial charge on any atom is 0.416 e. The van der Waals surface area contributed by atoms with Crippen molar-refractivity contribution < 1.29 is 18.0 Å². The third kappa shape index (κ3) is 4.04. The second-order valence-electron chi connectivity index (χ2n) is 5.81. The molecule has 1 atom stereocenters. The standard InChI is InChI=1S/C16H16F3N5O/c1-10(25)24-7-4-11(9-24)13-3-6-21-15(22-13)23-14-8-12(2-5-20-14)16(17,18)19/h2-3,5-6,8,11H,4,7,9H2,1H3,(H,20,21,22,23)/t11-/m0/s1. The van der Waals surface area contributed by atoms with E-state index >= 15 is 0 Å². The Balaban J connectivity index is 1.76. The van der Waals surface area contributed by atoms with Crippen molar-refractivity contribution in [2.75, 3.05) is 18.4 Å². The number of nitrogens with zero attached hydrogens (tertiary/aromatic N) is 4. The molecule has 0 aliphatic carbocycles. The fourth-order valence-corrected chi connectivity index (χ4v) is 2.74. The van der Waals surface area contributed by atoms with E-state index in [1.165, 1.54) is 13.1 Å². The molecule has 132 valence electrons. The summed E-state index contributed by atoms with van der Waals surface area (Å²) < 4.78 is 38.3. The van der Waals surface area contributed by atoms with E-state index in [-0.39, 0.29) is 23.6 Å². The number of amides is 1. The molecule has 3 heterocycles. The fourth-order valence-electron chi connectivity index (χ4n) is 2.74. The van der Waals surface area contributed by atoms with E-state index in [9.17, 15) is 18.0 Å². The summed E-state index contributed by atoms with van der Waals surface area (Å²) in [4.78, 5) is 25.4. The second-order valence-corrected chi connectivity index (χ2v) is 5.81. The van der Waals surface area contributed by atoms with Gasteiger partial charge in [-0.1, -0.05) is 0 Å². The van der Waals surface area contributed by atoms with Gasteiger partial charge in [0.05, 0.1) is 11.3 Å². The van der Waals surface area contributed by atoms with Crippen molar-refractivity contribution in [3.8, 4) is 0 Å². The Bertz CT molecular complexity index is 780. The Hall–Kier alpha value is -2.71. The van der Waals surface area contributed by atoms with Gasteiger partial charge in [0.15, 0.2) is 0 Å². The Morgan fingerprint density at radius 2 is 2.04 bits per heavy atom. The topological polar surface area (TPSA) is 71.0 Å².